The summed E-state index contributed by atoms with van der Waals surface area (Å²) in [6, 6.07) is 6.59. The normalized spacial score (nSPS) is 7.62. The molecule has 1 aromatic heterocycles. The van der Waals surface area contributed by atoms with Gasteiger partial charge in [-0.05, 0) is 12.6 Å². The van der Waals surface area contributed by atoms with Gasteiger partial charge in [0.15, 0.2) is 0 Å². The molecule has 0 saturated carbocycles. The van der Waals surface area contributed by atoms with Crippen LogP contribution < -0.4 is 0 Å². The van der Waals surface area contributed by atoms with Crippen molar-refractivity contribution >= 4 is 0 Å². The van der Waals surface area contributed by atoms with E-state index in [1.54, 1.807) is 6.20 Å². The van der Waals surface area contributed by atoms with Crippen LogP contribution in [-0.4, -0.2) is 4.98 Å². The summed E-state index contributed by atoms with van der Waals surface area (Å²) in [6.07, 6.45) is 1.66. The van der Waals surface area contributed by atoms with Gasteiger partial charge in [0.1, 0.15) is 0 Å². The van der Waals surface area contributed by atoms with Gasteiger partial charge in [-0.25, -0.2) is 12.1 Å². The first-order chi connectivity index (χ1) is 3.39. The molecule has 0 spiro atoms. The molecule has 8 heavy (non-hydrogen) atoms. The van der Waals surface area contributed by atoms with Crippen LogP contribution in [0.5, 0.6) is 0 Å². The Morgan fingerprint density at radius 1 is 1.62 bits per heavy atom. The number of aryl methyl sites for hydroxylation is 1. The minimum atomic E-state index is 0. The zero-order chi connectivity index (χ0) is 5.11. The first kappa shape index (κ1) is 8.25. The van der Waals surface area contributed by atoms with E-state index in [0.29, 0.717) is 0 Å². The van der Waals surface area contributed by atoms with Gasteiger partial charge in [-0.3, -0.25) is 0 Å². The van der Waals surface area contributed by atoms with Crippen molar-refractivity contribution in [2.45, 2.75) is 6.92 Å². The molecule has 0 aliphatic rings. The molecule has 1 rings (SSSR count). The summed E-state index contributed by atoms with van der Waals surface area (Å²) in [5.41, 5.74) is 1.04. The largest absolute Gasteiger partial charge is 3.00 e. The molecule has 2 heteroatoms. The van der Waals surface area contributed by atoms with Crippen molar-refractivity contribution < 1.29 is 32.7 Å². The van der Waals surface area contributed by atoms with Crippen LogP contribution in [0.1, 0.15) is 5.69 Å². The topological polar surface area (TPSA) is 12.9 Å². The van der Waals surface area contributed by atoms with E-state index in [1.807, 2.05) is 19.1 Å². The zero-order valence-electron chi connectivity index (χ0n) is 4.76. The maximum absolute atomic E-state index is 3.92. The maximum Gasteiger partial charge on any atom is 3.00 e. The van der Waals surface area contributed by atoms with Crippen LogP contribution >= 0.6 is 0 Å². The Kier molecular flexibility index (Phi) is 4.30. The second-order valence-corrected chi connectivity index (χ2v) is 1.40. The van der Waals surface area contributed by atoms with Crippen molar-refractivity contribution in [1.82, 2.24) is 4.98 Å². The van der Waals surface area contributed by atoms with Gasteiger partial charge in [-0.15, -0.1) is 0 Å². The van der Waals surface area contributed by atoms with Crippen molar-refractivity contribution in [3.8, 4) is 0 Å². The third kappa shape index (κ3) is 2.53. The molecule has 0 atom stereocenters. The van der Waals surface area contributed by atoms with E-state index in [-0.39, 0.29) is 32.7 Å². The average Bonchev–Trinajstić information content (AvgIpc) is 1.69. The molecule has 0 aliphatic heterocycles. The van der Waals surface area contributed by atoms with Crippen LogP contribution in [0.2, 0.25) is 0 Å². The summed E-state index contributed by atoms with van der Waals surface area (Å²) in [6.45, 7) is 1.95. The minimum Gasteiger partial charge on any atom is -0.301 e. The van der Waals surface area contributed by atoms with Gasteiger partial charge in [0.05, 0.1) is 0 Å². The van der Waals surface area contributed by atoms with Gasteiger partial charge in [0.2, 0.25) is 0 Å². The van der Waals surface area contributed by atoms with Crippen LogP contribution in [0.3, 0.4) is 0 Å². The summed E-state index contributed by atoms with van der Waals surface area (Å²) in [7, 11) is 0. The van der Waals surface area contributed by atoms with Crippen molar-refractivity contribution in [2.24, 2.45) is 0 Å². The third-order valence-electron chi connectivity index (χ3n) is 0.763. The number of rotatable bonds is 0. The van der Waals surface area contributed by atoms with E-state index in [9.17, 15) is 0 Å². The predicted octanol–water partition coefficient (Wildman–Crippen LogP) is 1.19. The predicted molar refractivity (Wildman–Crippen MR) is 27.8 cm³/mol. The van der Waals surface area contributed by atoms with Crippen molar-refractivity contribution in [3.63, 3.8) is 0 Å². The SMILES string of the molecule is Cc1cc[c-]cn1.[Y+3]. The smallest absolute Gasteiger partial charge is 0.301 e. The van der Waals surface area contributed by atoms with Crippen molar-refractivity contribution in [1.29, 1.82) is 0 Å². The molecular weight excluding hydrogens is 175 g/mol. The minimum absolute atomic E-state index is 0. The van der Waals surface area contributed by atoms with Crippen LogP contribution in [0, 0.1) is 13.0 Å². The Labute approximate surface area is 74.4 Å². The van der Waals surface area contributed by atoms with E-state index in [4.69, 9.17) is 0 Å². The first-order valence-electron chi connectivity index (χ1n) is 2.18. The number of hydrogen-bond donors (Lipinski definition) is 0. The van der Waals surface area contributed by atoms with E-state index < -0.39 is 0 Å². The summed E-state index contributed by atoms with van der Waals surface area (Å²) in [4.78, 5) is 3.92. The van der Waals surface area contributed by atoms with Crippen LogP contribution in [0.15, 0.2) is 18.3 Å². The molecule has 0 aliphatic carbocycles. The number of pyridine rings is 1. The fraction of sp³-hybridized carbons (Fsp3) is 0.167. The molecule has 1 aromatic rings. The fourth-order valence-corrected chi connectivity index (χ4v) is 0.394. The van der Waals surface area contributed by atoms with Gasteiger partial charge >= 0.3 is 32.7 Å². The molecule has 0 N–H and O–H groups in total. The Hall–Kier alpha value is 0.254. The molecular formula is C6H6NY+2. The van der Waals surface area contributed by atoms with Gasteiger partial charge < -0.3 is 4.98 Å². The fourth-order valence-electron chi connectivity index (χ4n) is 0.394. The Bertz CT molecular complexity index is 138. The van der Waals surface area contributed by atoms with E-state index in [2.05, 4.69) is 11.1 Å². The monoisotopic (exact) mass is 181 g/mol. The van der Waals surface area contributed by atoms with Crippen LogP contribution in [0.4, 0.5) is 0 Å². The Morgan fingerprint density at radius 2 is 2.38 bits per heavy atom. The summed E-state index contributed by atoms with van der Waals surface area (Å²) in [5, 5.41) is 0. The Balaban J connectivity index is 0.000000490. The van der Waals surface area contributed by atoms with Gasteiger partial charge in [-0.2, -0.15) is 6.07 Å². The van der Waals surface area contributed by atoms with Gasteiger partial charge in [0, 0.05) is 0 Å². The third-order valence-corrected chi connectivity index (χ3v) is 0.763. The van der Waals surface area contributed by atoms with Crippen molar-refractivity contribution in [2.75, 3.05) is 0 Å². The van der Waals surface area contributed by atoms with Gasteiger partial charge in [0.25, 0.3) is 0 Å². The molecule has 0 aromatic carbocycles. The first-order valence-corrected chi connectivity index (χ1v) is 2.18. The molecule has 36 valence electrons. The molecule has 0 amide bonds. The van der Waals surface area contributed by atoms with E-state index in [0.717, 1.165) is 5.69 Å². The zero-order valence-corrected chi connectivity index (χ0v) is 7.59. The number of hydrogen-bond acceptors (Lipinski definition) is 1. The molecule has 0 saturated heterocycles. The average molecular weight is 181 g/mol. The summed E-state index contributed by atoms with van der Waals surface area (Å²) < 4.78 is 0. The number of aromatic nitrogens is 1. The molecule has 0 radical (unpaired) electrons. The van der Waals surface area contributed by atoms with Crippen LogP contribution in [-0.2, 0) is 32.7 Å². The van der Waals surface area contributed by atoms with E-state index in [1.165, 1.54) is 0 Å². The molecule has 0 fully saturated rings. The summed E-state index contributed by atoms with van der Waals surface area (Å²) in [5.74, 6) is 0. The Morgan fingerprint density at radius 3 is 2.62 bits per heavy atom. The molecule has 1 nitrogen and oxygen atoms in total. The maximum atomic E-state index is 3.92. The second-order valence-electron chi connectivity index (χ2n) is 1.40. The molecule has 0 unspecified atom stereocenters. The quantitative estimate of drug-likeness (QED) is 0.547. The summed E-state index contributed by atoms with van der Waals surface area (Å²) >= 11 is 0. The van der Waals surface area contributed by atoms with E-state index >= 15 is 0 Å². The number of nitrogens with zero attached hydrogens (tertiary/aromatic N) is 1. The standard InChI is InChI=1S/C6H6N.Y/c1-6-4-2-3-5-7-6;/h2,4-5H,1H3;/q-1;+3. The molecule has 0 bridgehead atoms. The van der Waals surface area contributed by atoms with Gasteiger partial charge in [-0.1, -0.05) is 6.20 Å². The molecule has 1 heterocycles. The van der Waals surface area contributed by atoms with Crippen LogP contribution in [0.25, 0.3) is 0 Å². The van der Waals surface area contributed by atoms with Crippen molar-refractivity contribution in [3.05, 3.63) is 30.1 Å². The second kappa shape index (κ2) is 4.16.